The number of unbranched alkanes of at least 4 members (excludes halogenated alkanes) is 18. The van der Waals surface area contributed by atoms with Crippen LogP contribution in [0.3, 0.4) is 0 Å². The Balaban J connectivity index is 0.973. The predicted molar refractivity (Wildman–Crippen MR) is 277 cm³/mol. The molecule has 10 heteroatoms. The smallest absolute Gasteiger partial charge is 0.343 e. The van der Waals surface area contributed by atoms with Crippen LogP contribution in [0.15, 0.2) is 131 Å². The van der Waals surface area contributed by atoms with E-state index in [-0.39, 0.29) is 21.7 Å². The minimum Gasteiger partial charge on any atom is -0.494 e. The Morgan fingerprint density at radius 2 is 0.662 bits per heavy atom. The number of carbonyl (C=O) groups is 4. The number of hydrogen-bond donors (Lipinski definition) is 0. The molecule has 0 aliphatic carbocycles. The second kappa shape index (κ2) is 31.7. The van der Waals surface area contributed by atoms with Gasteiger partial charge in [0, 0.05) is 27.0 Å². The van der Waals surface area contributed by atoms with Crippen molar-refractivity contribution in [1.29, 1.82) is 0 Å². The zero-order chi connectivity index (χ0) is 48.0. The Kier molecular flexibility index (Phi) is 25.0. The lowest BCUT2D eigenvalue weighted by atomic mass is 10.1. The minimum absolute atomic E-state index is 0.116. The highest BCUT2D eigenvalue weighted by Crippen LogP contribution is 2.28. The molecule has 0 unspecified atom stereocenters. The van der Waals surface area contributed by atoms with Gasteiger partial charge in [0.15, 0.2) is 0 Å². The molecule has 5 aromatic rings. The fourth-order valence-corrected chi connectivity index (χ4v) is 9.00. The first kappa shape index (κ1) is 53.6. The Labute approximate surface area is 413 Å². The highest BCUT2D eigenvalue weighted by molar-refractivity contribution is 8.14. The lowest BCUT2D eigenvalue weighted by Gasteiger charge is -2.09. The summed E-state index contributed by atoms with van der Waals surface area (Å²) >= 11 is 2.15. The first-order valence-corrected chi connectivity index (χ1v) is 26.6. The SMILES string of the molecule is CCCCCCCCCCCCOc1ccc(C(=O)Sc2ccc(C(=O)Oc3cccc(OC(=O)c4ccc(SC(=O)c5ccc(OCCCCCCCCCCCC)cc5)cc4)c3)cc2)cc1. The van der Waals surface area contributed by atoms with Crippen LogP contribution in [0.4, 0.5) is 0 Å². The van der Waals surface area contributed by atoms with E-state index in [0.29, 0.717) is 45.3 Å². The van der Waals surface area contributed by atoms with Crippen molar-refractivity contribution in [2.24, 2.45) is 0 Å². The standard InChI is InChI=1S/C58H70O8S2/c1-3-5-7-9-11-13-15-17-19-21-42-63-49-34-26-47(27-35-49)57(61)67-53-38-30-45(31-39-53)55(59)65-51-24-23-25-52(44-51)66-56(60)46-32-40-54(41-33-46)68-58(62)48-28-36-50(37-29-48)64-43-22-20-18-16-14-12-10-8-6-4-2/h23-41,44H,3-22,42-43H2,1-2H3. The summed E-state index contributed by atoms with van der Waals surface area (Å²) in [4.78, 5) is 53.4. The van der Waals surface area contributed by atoms with Gasteiger partial charge in [0.25, 0.3) is 0 Å². The molecule has 68 heavy (non-hydrogen) atoms. The van der Waals surface area contributed by atoms with Crippen molar-refractivity contribution in [3.05, 3.63) is 144 Å². The van der Waals surface area contributed by atoms with Crippen LogP contribution in [-0.2, 0) is 0 Å². The fourth-order valence-electron chi connectivity index (χ4n) is 7.52. The molecule has 0 aromatic heterocycles. The molecule has 0 atom stereocenters. The first-order chi connectivity index (χ1) is 33.3. The average molecular weight is 959 g/mol. The summed E-state index contributed by atoms with van der Waals surface area (Å²) in [7, 11) is 0. The molecule has 0 amide bonds. The number of rotatable bonds is 32. The zero-order valence-electron chi connectivity index (χ0n) is 40.2. The highest BCUT2D eigenvalue weighted by Gasteiger charge is 2.15. The molecule has 0 fully saturated rings. The van der Waals surface area contributed by atoms with E-state index in [1.165, 1.54) is 122 Å². The second-order valence-electron chi connectivity index (χ2n) is 17.2. The Hall–Kier alpha value is -5.32. The summed E-state index contributed by atoms with van der Waals surface area (Å²) in [5, 5.41) is -0.231. The predicted octanol–water partition coefficient (Wildman–Crippen LogP) is 16.6. The van der Waals surface area contributed by atoms with Crippen molar-refractivity contribution in [3.8, 4) is 23.0 Å². The summed E-state index contributed by atoms with van der Waals surface area (Å²) in [6.07, 6.45) is 25.5. The Bertz CT molecular complexity index is 2080. The number of esters is 2. The second-order valence-corrected chi connectivity index (χ2v) is 19.3. The summed E-state index contributed by atoms with van der Waals surface area (Å²) < 4.78 is 23.0. The molecule has 0 radical (unpaired) electrons. The van der Waals surface area contributed by atoms with Gasteiger partial charge in [-0.25, -0.2) is 9.59 Å². The van der Waals surface area contributed by atoms with E-state index in [1.54, 1.807) is 91.0 Å². The van der Waals surface area contributed by atoms with Gasteiger partial charge in [0.05, 0.1) is 24.3 Å². The Morgan fingerprint density at radius 3 is 1.00 bits per heavy atom. The van der Waals surface area contributed by atoms with Crippen LogP contribution in [0.2, 0.25) is 0 Å². The van der Waals surface area contributed by atoms with Crippen molar-refractivity contribution in [1.82, 2.24) is 0 Å². The molecule has 0 aliphatic rings. The maximum atomic E-state index is 13.0. The van der Waals surface area contributed by atoms with Gasteiger partial charge < -0.3 is 18.9 Å². The van der Waals surface area contributed by atoms with Crippen molar-refractivity contribution in [3.63, 3.8) is 0 Å². The highest BCUT2D eigenvalue weighted by atomic mass is 32.2. The summed E-state index contributed by atoms with van der Waals surface area (Å²) in [5.41, 5.74) is 1.72. The minimum atomic E-state index is -0.601. The summed E-state index contributed by atoms with van der Waals surface area (Å²) in [6.45, 7) is 5.83. The van der Waals surface area contributed by atoms with E-state index in [0.717, 1.165) is 47.9 Å². The van der Waals surface area contributed by atoms with Crippen molar-refractivity contribution in [2.75, 3.05) is 13.2 Å². The third-order valence-electron chi connectivity index (χ3n) is 11.5. The molecule has 0 N–H and O–H groups in total. The maximum Gasteiger partial charge on any atom is 0.343 e. The monoisotopic (exact) mass is 958 g/mol. The Morgan fingerprint density at radius 1 is 0.353 bits per heavy atom. The van der Waals surface area contributed by atoms with Crippen molar-refractivity contribution < 1.29 is 38.1 Å². The lowest BCUT2D eigenvalue weighted by molar-refractivity contribution is 0.0732. The normalized spacial score (nSPS) is 11.0. The van der Waals surface area contributed by atoms with Gasteiger partial charge in [-0.05, 0) is 146 Å². The molecule has 5 rings (SSSR count). The van der Waals surface area contributed by atoms with Crippen LogP contribution >= 0.6 is 23.5 Å². The molecular weight excluding hydrogens is 889 g/mol. The van der Waals surface area contributed by atoms with Gasteiger partial charge in [-0.15, -0.1) is 0 Å². The van der Waals surface area contributed by atoms with E-state index in [1.807, 2.05) is 24.3 Å². The van der Waals surface area contributed by atoms with Crippen LogP contribution in [0.5, 0.6) is 23.0 Å². The number of benzene rings is 5. The molecule has 0 saturated carbocycles. The topological polar surface area (TPSA) is 105 Å². The number of thioether (sulfide) groups is 2. The van der Waals surface area contributed by atoms with Gasteiger partial charge in [-0.3, -0.25) is 9.59 Å². The van der Waals surface area contributed by atoms with E-state index >= 15 is 0 Å². The zero-order valence-corrected chi connectivity index (χ0v) is 41.8. The molecule has 5 aromatic carbocycles. The average Bonchev–Trinajstić information content (AvgIpc) is 3.35. The van der Waals surface area contributed by atoms with E-state index in [4.69, 9.17) is 18.9 Å². The number of ether oxygens (including phenoxy) is 4. The van der Waals surface area contributed by atoms with Crippen LogP contribution in [0.25, 0.3) is 0 Å². The van der Waals surface area contributed by atoms with Gasteiger partial charge in [0.2, 0.25) is 10.2 Å². The third kappa shape index (κ3) is 20.5. The fraction of sp³-hybridized carbons (Fsp3) is 0.414. The molecule has 8 nitrogen and oxygen atoms in total. The van der Waals surface area contributed by atoms with Crippen molar-refractivity contribution >= 4 is 45.7 Å². The van der Waals surface area contributed by atoms with Crippen LogP contribution < -0.4 is 18.9 Å². The summed E-state index contributed by atoms with van der Waals surface area (Å²) in [5.74, 6) is 0.699. The number of carbonyl (C=O) groups excluding carboxylic acids is 4. The molecule has 0 spiro atoms. The van der Waals surface area contributed by atoms with E-state index in [2.05, 4.69) is 13.8 Å². The molecule has 0 aliphatic heterocycles. The van der Waals surface area contributed by atoms with Gasteiger partial charge in [-0.1, -0.05) is 135 Å². The van der Waals surface area contributed by atoms with Crippen LogP contribution in [0, 0.1) is 0 Å². The molecule has 0 heterocycles. The largest absolute Gasteiger partial charge is 0.494 e. The molecule has 362 valence electrons. The van der Waals surface area contributed by atoms with Crippen LogP contribution in [0.1, 0.15) is 184 Å². The van der Waals surface area contributed by atoms with E-state index in [9.17, 15) is 19.2 Å². The third-order valence-corrected chi connectivity index (χ3v) is 13.4. The van der Waals surface area contributed by atoms with Crippen LogP contribution in [-0.4, -0.2) is 35.4 Å². The van der Waals surface area contributed by atoms with E-state index < -0.39 is 11.9 Å². The molecule has 0 saturated heterocycles. The summed E-state index contributed by atoms with van der Waals surface area (Å²) in [6, 6.07) is 33.9. The first-order valence-electron chi connectivity index (χ1n) is 25.0. The number of hydrogen-bond acceptors (Lipinski definition) is 10. The van der Waals surface area contributed by atoms with Gasteiger partial charge in [-0.2, -0.15) is 0 Å². The molecular formula is C58H70O8S2. The molecule has 0 bridgehead atoms. The lowest BCUT2D eigenvalue weighted by Crippen LogP contribution is -2.10. The van der Waals surface area contributed by atoms with Gasteiger partial charge >= 0.3 is 11.9 Å². The van der Waals surface area contributed by atoms with Gasteiger partial charge in [0.1, 0.15) is 23.0 Å². The maximum absolute atomic E-state index is 13.0. The van der Waals surface area contributed by atoms with Crippen molar-refractivity contribution in [2.45, 2.75) is 152 Å². The quantitative estimate of drug-likeness (QED) is 0.0179.